The van der Waals surface area contributed by atoms with Gasteiger partial charge in [0.15, 0.2) is 0 Å². The lowest BCUT2D eigenvalue weighted by molar-refractivity contribution is -0.118. The maximum Gasteiger partial charge on any atom is 0.338 e. The molecule has 5 nitrogen and oxygen atoms in total. The van der Waals surface area contributed by atoms with Crippen molar-refractivity contribution in [1.82, 2.24) is 4.98 Å². The summed E-state index contributed by atoms with van der Waals surface area (Å²) in [6, 6.07) is 9.20. The van der Waals surface area contributed by atoms with Gasteiger partial charge in [-0.15, -0.1) is 0 Å². The van der Waals surface area contributed by atoms with Crippen LogP contribution in [0.1, 0.15) is 28.8 Å². The summed E-state index contributed by atoms with van der Waals surface area (Å²) in [5.41, 5.74) is -0.177. The lowest BCUT2D eigenvalue weighted by atomic mass is 9.94. The smallest absolute Gasteiger partial charge is 0.338 e. The Morgan fingerprint density at radius 1 is 1.26 bits per heavy atom. The van der Waals surface area contributed by atoms with Gasteiger partial charge in [0, 0.05) is 11.8 Å². The van der Waals surface area contributed by atoms with E-state index in [0.717, 1.165) is 0 Å². The number of rotatable bonds is 4. The maximum absolute atomic E-state index is 14.0. The lowest BCUT2D eigenvalue weighted by Gasteiger charge is -2.16. The van der Waals surface area contributed by atoms with E-state index in [1.165, 1.54) is 31.5 Å². The average Bonchev–Trinajstić information content (AvgIpc) is 3.36. The quantitative estimate of drug-likeness (QED) is 0.881. The molecule has 0 saturated heterocycles. The van der Waals surface area contributed by atoms with Gasteiger partial charge >= 0.3 is 5.97 Å². The van der Waals surface area contributed by atoms with Crippen molar-refractivity contribution in [3.8, 4) is 0 Å². The first-order valence-corrected chi connectivity index (χ1v) is 7.18. The highest BCUT2D eigenvalue weighted by Crippen LogP contribution is 2.49. The summed E-state index contributed by atoms with van der Waals surface area (Å²) in [6.45, 7) is 0. The Morgan fingerprint density at radius 3 is 2.65 bits per heavy atom. The van der Waals surface area contributed by atoms with Crippen LogP contribution in [0.15, 0.2) is 42.6 Å². The number of pyridine rings is 1. The molecule has 23 heavy (non-hydrogen) atoms. The van der Waals surface area contributed by atoms with Crippen molar-refractivity contribution in [2.45, 2.75) is 18.3 Å². The van der Waals surface area contributed by atoms with E-state index in [-0.39, 0.29) is 17.3 Å². The van der Waals surface area contributed by atoms with Crippen molar-refractivity contribution in [2.24, 2.45) is 0 Å². The predicted molar refractivity (Wildman–Crippen MR) is 81.5 cm³/mol. The Labute approximate surface area is 132 Å². The van der Waals surface area contributed by atoms with Crippen molar-refractivity contribution in [3.63, 3.8) is 0 Å². The zero-order chi connectivity index (χ0) is 16.4. The van der Waals surface area contributed by atoms with Crippen LogP contribution in [0, 0.1) is 5.82 Å². The monoisotopic (exact) mass is 314 g/mol. The second-order valence-electron chi connectivity index (χ2n) is 5.44. The van der Waals surface area contributed by atoms with Gasteiger partial charge in [-0.25, -0.2) is 14.2 Å². The maximum atomic E-state index is 14.0. The normalized spacial score (nSPS) is 14.9. The first-order valence-electron chi connectivity index (χ1n) is 7.18. The van der Waals surface area contributed by atoms with Crippen LogP contribution in [-0.2, 0) is 14.9 Å². The Hall–Kier alpha value is -2.76. The molecular formula is C17H15FN2O3. The molecule has 3 rings (SSSR count). The standard InChI is InChI=1S/C17H15FN2O3/c1-23-15(21)11-6-9-19-14(10-11)20-16(22)17(7-8-17)12-4-2-3-5-13(12)18/h2-6,9-10H,7-8H2,1H3,(H,19,20,22). The van der Waals surface area contributed by atoms with Gasteiger partial charge in [-0.1, -0.05) is 18.2 Å². The third-order valence-corrected chi connectivity index (χ3v) is 4.00. The zero-order valence-corrected chi connectivity index (χ0v) is 12.5. The molecule has 1 aromatic heterocycles. The molecule has 2 aromatic rings. The third-order valence-electron chi connectivity index (χ3n) is 4.00. The molecule has 118 valence electrons. The van der Waals surface area contributed by atoms with Gasteiger partial charge in [0.1, 0.15) is 11.6 Å². The molecule has 1 amide bonds. The Balaban J connectivity index is 1.83. The molecule has 1 aromatic carbocycles. The lowest BCUT2D eigenvalue weighted by Crippen LogP contribution is -2.29. The number of carbonyl (C=O) groups is 2. The Bertz CT molecular complexity index is 772. The summed E-state index contributed by atoms with van der Waals surface area (Å²) >= 11 is 0. The number of nitrogens with zero attached hydrogens (tertiary/aromatic N) is 1. The minimum absolute atomic E-state index is 0.237. The van der Waals surface area contributed by atoms with Crippen LogP contribution in [-0.4, -0.2) is 24.0 Å². The minimum atomic E-state index is -0.853. The van der Waals surface area contributed by atoms with E-state index in [1.54, 1.807) is 18.2 Å². The van der Waals surface area contributed by atoms with Crippen LogP contribution in [0.2, 0.25) is 0 Å². The number of hydrogen-bond donors (Lipinski definition) is 1. The Kier molecular flexibility index (Phi) is 3.82. The first-order chi connectivity index (χ1) is 11.1. The number of halogens is 1. The van der Waals surface area contributed by atoms with E-state index in [2.05, 4.69) is 15.0 Å². The highest BCUT2D eigenvalue weighted by molar-refractivity contribution is 6.01. The molecule has 0 spiro atoms. The van der Waals surface area contributed by atoms with Gasteiger partial charge in [-0.3, -0.25) is 4.79 Å². The summed E-state index contributed by atoms with van der Waals surface area (Å²) < 4.78 is 18.6. The number of amides is 1. The van der Waals surface area contributed by atoms with Crippen molar-refractivity contribution in [3.05, 3.63) is 59.5 Å². The fourth-order valence-corrected chi connectivity index (χ4v) is 2.57. The Morgan fingerprint density at radius 2 is 2.00 bits per heavy atom. The second-order valence-corrected chi connectivity index (χ2v) is 5.44. The van der Waals surface area contributed by atoms with Crippen LogP contribution < -0.4 is 5.32 Å². The van der Waals surface area contributed by atoms with Crippen LogP contribution in [0.5, 0.6) is 0 Å². The van der Waals surface area contributed by atoms with Crippen molar-refractivity contribution in [2.75, 3.05) is 12.4 Å². The highest BCUT2D eigenvalue weighted by atomic mass is 19.1. The van der Waals surface area contributed by atoms with Gasteiger partial charge in [0.2, 0.25) is 5.91 Å². The molecule has 0 radical (unpaired) electrons. The molecule has 1 fully saturated rings. The first kappa shape index (κ1) is 15.1. The molecule has 0 unspecified atom stereocenters. The van der Waals surface area contributed by atoms with Crippen molar-refractivity contribution < 1.29 is 18.7 Å². The summed E-state index contributed by atoms with van der Waals surface area (Å²) in [7, 11) is 1.28. The SMILES string of the molecule is COC(=O)c1ccnc(NC(=O)C2(c3ccccc3F)CC2)c1. The highest BCUT2D eigenvalue weighted by Gasteiger charge is 2.52. The number of hydrogen-bond acceptors (Lipinski definition) is 4. The molecule has 0 aliphatic heterocycles. The van der Waals surface area contributed by atoms with Crippen LogP contribution in [0.3, 0.4) is 0 Å². The van der Waals surface area contributed by atoms with Crippen LogP contribution in [0.25, 0.3) is 0 Å². The molecule has 1 aliphatic carbocycles. The van der Waals surface area contributed by atoms with E-state index in [0.29, 0.717) is 18.4 Å². The van der Waals surface area contributed by atoms with E-state index in [9.17, 15) is 14.0 Å². The van der Waals surface area contributed by atoms with Gasteiger partial charge in [-0.2, -0.15) is 0 Å². The summed E-state index contributed by atoms with van der Waals surface area (Å²) in [5, 5.41) is 2.67. The number of carbonyl (C=O) groups excluding carboxylic acids is 2. The summed E-state index contributed by atoms with van der Waals surface area (Å²) in [5.74, 6) is -0.993. The summed E-state index contributed by atoms with van der Waals surface area (Å²) in [6.07, 6.45) is 2.57. The summed E-state index contributed by atoms with van der Waals surface area (Å²) in [4.78, 5) is 28.1. The van der Waals surface area contributed by atoms with Crippen molar-refractivity contribution in [1.29, 1.82) is 0 Å². The zero-order valence-electron chi connectivity index (χ0n) is 12.5. The average molecular weight is 314 g/mol. The molecule has 1 heterocycles. The number of benzene rings is 1. The molecule has 0 bridgehead atoms. The molecule has 1 N–H and O–H groups in total. The second kappa shape index (κ2) is 5.79. The minimum Gasteiger partial charge on any atom is -0.465 e. The third kappa shape index (κ3) is 2.79. The largest absolute Gasteiger partial charge is 0.465 e. The number of nitrogens with one attached hydrogen (secondary N) is 1. The number of ether oxygens (including phenoxy) is 1. The van der Waals surface area contributed by atoms with E-state index in [1.807, 2.05) is 0 Å². The van der Waals surface area contributed by atoms with Gasteiger partial charge < -0.3 is 10.1 Å². The topological polar surface area (TPSA) is 68.3 Å². The number of methoxy groups -OCH3 is 1. The van der Waals surface area contributed by atoms with Gasteiger partial charge in [0.25, 0.3) is 0 Å². The molecule has 0 atom stereocenters. The van der Waals surface area contributed by atoms with E-state index in [4.69, 9.17) is 0 Å². The molecule has 6 heteroatoms. The predicted octanol–water partition coefficient (Wildman–Crippen LogP) is 2.68. The van der Waals surface area contributed by atoms with Crippen molar-refractivity contribution >= 4 is 17.7 Å². The molecule has 1 saturated carbocycles. The molecular weight excluding hydrogens is 299 g/mol. The van der Waals surface area contributed by atoms with Crippen LogP contribution in [0.4, 0.5) is 10.2 Å². The van der Waals surface area contributed by atoms with Gasteiger partial charge in [-0.05, 0) is 31.0 Å². The van der Waals surface area contributed by atoms with Gasteiger partial charge in [0.05, 0.1) is 18.1 Å². The van der Waals surface area contributed by atoms with E-state index >= 15 is 0 Å². The van der Waals surface area contributed by atoms with E-state index < -0.39 is 17.2 Å². The number of anilines is 1. The fraction of sp³-hybridized carbons (Fsp3) is 0.235. The number of aromatic nitrogens is 1. The number of esters is 1. The fourth-order valence-electron chi connectivity index (χ4n) is 2.57. The van der Waals surface area contributed by atoms with Crippen LogP contribution >= 0.6 is 0 Å². The molecule has 1 aliphatic rings.